The molecule has 156 valence electrons. The van der Waals surface area contributed by atoms with Crippen molar-refractivity contribution in [3.63, 3.8) is 0 Å². The lowest BCUT2D eigenvalue weighted by Crippen LogP contribution is -2.34. The van der Waals surface area contributed by atoms with Crippen LogP contribution in [0.2, 0.25) is 0 Å². The Kier molecular flexibility index (Phi) is 5.97. The van der Waals surface area contributed by atoms with Gasteiger partial charge in [0.25, 0.3) is 0 Å². The highest BCUT2D eigenvalue weighted by molar-refractivity contribution is 5.95. The number of nitrogens with one attached hydrogen (secondary N) is 2. The summed E-state index contributed by atoms with van der Waals surface area (Å²) in [4.78, 5) is 39.3. The van der Waals surface area contributed by atoms with Crippen LogP contribution in [0.25, 0.3) is 0 Å². The first-order valence-corrected chi connectivity index (χ1v) is 10.4. The van der Waals surface area contributed by atoms with E-state index in [4.69, 9.17) is 0 Å². The number of rotatable bonds is 6. The molecule has 0 saturated carbocycles. The molecule has 2 aliphatic heterocycles. The quantitative estimate of drug-likeness (QED) is 0.774. The number of carbonyl (C=O) groups is 3. The molecule has 0 unspecified atom stereocenters. The van der Waals surface area contributed by atoms with Crippen LogP contribution in [0, 0.1) is 0 Å². The zero-order chi connectivity index (χ0) is 20.9. The van der Waals surface area contributed by atoms with E-state index in [-0.39, 0.29) is 17.8 Å². The van der Waals surface area contributed by atoms with Gasteiger partial charge in [0, 0.05) is 50.4 Å². The highest BCUT2D eigenvalue weighted by Crippen LogP contribution is 2.22. The third-order valence-corrected chi connectivity index (χ3v) is 5.55. The molecule has 0 radical (unpaired) electrons. The van der Waals surface area contributed by atoms with Crippen LogP contribution in [0.5, 0.6) is 0 Å². The Morgan fingerprint density at radius 2 is 1.10 bits per heavy atom. The lowest BCUT2D eigenvalue weighted by Gasteiger charge is -2.16. The SMILES string of the molecule is O=C(NCc1ccc(N2CCCC2=O)cc1)NCc1ccc(N2CCCC2=O)cc1. The highest BCUT2D eigenvalue weighted by atomic mass is 16.2. The number of urea groups is 1. The van der Waals surface area contributed by atoms with Crippen LogP contribution in [-0.2, 0) is 22.7 Å². The van der Waals surface area contributed by atoms with Crippen LogP contribution < -0.4 is 20.4 Å². The Balaban J connectivity index is 1.22. The van der Waals surface area contributed by atoms with Crippen molar-refractivity contribution in [3.8, 4) is 0 Å². The van der Waals surface area contributed by atoms with Crippen LogP contribution in [0.15, 0.2) is 48.5 Å². The number of carbonyl (C=O) groups excluding carboxylic acids is 3. The third kappa shape index (κ3) is 4.62. The van der Waals surface area contributed by atoms with Crippen molar-refractivity contribution in [2.45, 2.75) is 38.8 Å². The number of hydrogen-bond donors (Lipinski definition) is 2. The Hall–Kier alpha value is -3.35. The van der Waals surface area contributed by atoms with Crippen molar-refractivity contribution >= 4 is 29.2 Å². The Morgan fingerprint density at radius 3 is 1.43 bits per heavy atom. The Morgan fingerprint density at radius 1 is 0.700 bits per heavy atom. The van der Waals surface area contributed by atoms with E-state index in [1.165, 1.54) is 0 Å². The van der Waals surface area contributed by atoms with Crippen molar-refractivity contribution in [1.29, 1.82) is 0 Å². The van der Waals surface area contributed by atoms with Crippen molar-refractivity contribution < 1.29 is 14.4 Å². The van der Waals surface area contributed by atoms with E-state index in [0.717, 1.165) is 48.4 Å². The molecule has 2 N–H and O–H groups in total. The van der Waals surface area contributed by atoms with E-state index in [9.17, 15) is 14.4 Å². The van der Waals surface area contributed by atoms with Gasteiger partial charge in [-0.3, -0.25) is 9.59 Å². The first-order chi connectivity index (χ1) is 14.6. The van der Waals surface area contributed by atoms with E-state index in [1.807, 2.05) is 48.5 Å². The number of nitrogens with zero attached hydrogens (tertiary/aromatic N) is 2. The van der Waals surface area contributed by atoms with Gasteiger partial charge in [-0.05, 0) is 48.2 Å². The molecule has 0 atom stereocenters. The highest BCUT2D eigenvalue weighted by Gasteiger charge is 2.22. The minimum Gasteiger partial charge on any atom is -0.334 e. The summed E-state index contributed by atoms with van der Waals surface area (Å²) in [5.41, 5.74) is 3.76. The molecule has 0 spiro atoms. The Labute approximate surface area is 176 Å². The molecule has 4 amide bonds. The molecule has 30 heavy (non-hydrogen) atoms. The zero-order valence-corrected chi connectivity index (χ0v) is 16.9. The average Bonchev–Trinajstić information content (AvgIpc) is 3.39. The lowest BCUT2D eigenvalue weighted by atomic mass is 10.2. The largest absolute Gasteiger partial charge is 0.334 e. The fraction of sp³-hybridized carbons (Fsp3) is 0.348. The van der Waals surface area contributed by atoms with Crippen molar-refractivity contribution in [3.05, 3.63) is 59.7 Å². The summed E-state index contributed by atoms with van der Waals surface area (Å²) in [5.74, 6) is 0.334. The van der Waals surface area contributed by atoms with Gasteiger partial charge in [-0.1, -0.05) is 24.3 Å². The van der Waals surface area contributed by atoms with E-state index >= 15 is 0 Å². The molecule has 2 heterocycles. The summed E-state index contributed by atoms with van der Waals surface area (Å²) in [6, 6.07) is 15.2. The first kappa shape index (κ1) is 19.9. The summed E-state index contributed by atoms with van der Waals surface area (Å²) >= 11 is 0. The van der Waals surface area contributed by atoms with Gasteiger partial charge in [0.05, 0.1) is 0 Å². The van der Waals surface area contributed by atoms with Crippen LogP contribution in [0.3, 0.4) is 0 Å². The molecule has 2 saturated heterocycles. The first-order valence-electron chi connectivity index (χ1n) is 10.4. The molecule has 0 aliphatic carbocycles. The summed E-state index contributed by atoms with van der Waals surface area (Å²) in [5, 5.41) is 5.69. The summed E-state index contributed by atoms with van der Waals surface area (Å²) < 4.78 is 0. The standard InChI is InChI=1S/C23H26N4O3/c28-21-3-1-13-26(21)19-9-5-17(6-10-19)15-24-23(30)25-16-18-7-11-20(12-8-18)27-14-2-4-22(27)29/h5-12H,1-4,13-16H2,(H2,24,25,30). The molecule has 2 fully saturated rings. The van der Waals surface area contributed by atoms with Crippen molar-refractivity contribution in [2.75, 3.05) is 22.9 Å². The van der Waals surface area contributed by atoms with Gasteiger partial charge < -0.3 is 20.4 Å². The van der Waals surface area contributed by atoms with Crippen LogP contribution >= 0.6 is 0 Å². The van der Waals surface area contributed by atoms with Gasteiger partial charge in [-0.15, -0.1) is 0 Å². The second-order valence-corrected chi connectivity index (χ2v) is 7.67. The second-order valence-electron chi connectivity index (χ2n) is 7.67. The zero-order valence-electron chi connectivity index (χ0n) is 16.9. The van der Waals surface area contributed by atoms with E-state index in [2.05, 4.69) is 10.6 Å². The fourth-order valence-corrected chi connectivity index (χ4v) is 3.86. The second kappa shape index (κ2) is 8.98. The molecular formula is C23H26N4O3. The van der Waals surface area contributed by atoms with E-state index in [0.29, 0.717) is 25.9 Å². The van der Waals surface area contributed by atoms with E-state index < -0.39 is 0 Å². The smallest absolute Gasteiger partial charge is 0.315 e. The van der Waals surface area contributed by atoms with Crippen LogP contribution in [0.4, 0.5) is 16.2 Å². The predicted molar refractivity (Wildman–Crippen MR) is 115 cm³/mol. The molecule has 2 aromatic rings. The van der Waals surface area contributed by atoms with Gasteiger partial charge in [0.15, 0.2) is 0 Å². The van der Waals surface area contributed by atoms with Gasteiger partial charge in [0.2, 0.25) is 11.8 Å². The van der Waals surface area contributed by atoms with Gasteiger partial charge in [-0.2, -0.15) is 0 Å². The number of anilines is 2. The number of benzene rings is 2. The summed E-state index contributed by atoms with van der Waals surface area (Å²) in [6.07, 6.45) is 3.04. The number of hydrogen-bond acceptors (Lipinski definition) is 3. The maximum Gasteiger partial charge on any atom is 0.315 e. The van der Waals surface area contributed by atoms with Crippen LogP contribution in [-0.4, -0.2) is 30.9 Å². The summed E-state index contributed by atoms with van der Waals surface area (Å²) in [7, 11) is 0. The molecule has 4 rings (SSSR count). The molecule has 2 aliphatic rings. The van der Waals surface area contributed by atoms with Gasteiger partial charge >= 0.3 is 6.03 Å². The molecular weight excluding hydrogens is 380 g/mol. The molecule has 0 aromatic heterocycles. The third-order valence-electron chi connectivity index (χ3n) is 5.55. The molecule has 7 nitrogen and oxygen atoms in total. The topological polar surface area (TPSA) is 81.8 Å². The fourth-order valence-electron chi connectivity index (χ4n) is 3.86. The predicted octanol–water partition coefficient (Wildman–Crippen LogP) is 2.94. The minimum absolute atomic E-state index is 0.167. The molecule has 0 bridgehead atoms. The van der Waals surface area contributed by atoms with Crippen molar-refractivity contribution in [2.24, 2.45) is 0 Å². The van der Waals surface area contributed by atoms with Crippen LogP contribution in [0.1, 0.15) is 36.8 Å². The number of amides is 4. The van der Waals surface area contributed by atoms with E-state index in [1.54, 1.807) is 9.80 Å². The minimum atomic E-state index is -0.243. The maximum atomic E-state index is 12.1. The molecule has 2 aromatic carbocycles. The van der Waals surface area contributed by atoms with Crippen molar-refractivity contribution in [1.82, 2.24) is 10.6 Å². The average molecular weight is 406 g/mol. The molecule has 7 heteroatoms. The van der Waals surface area contributed by atoms with Gasteiger partial charge in [0.1, 0.15) is 0 Å². The normalized spacial score (nSPS) is 16.3. The lowest BCUT2D eigenvalue weighted by molar-refractivity contribution is -0.117. The monoisotopic (exact) mass is 406 g/mol. The summed E-state index contributed by atoms with van der Waals surface area (Å²) in [6.45, 7) is 2.37. The maximum absolute atomic E-state index is 12.1. The van der Waals surface area contributed by atoms with Gasteiger partial charge in [-0.25, -0.2) is 4.79 Å². The Bertz CT molecular complexity index is 849.